The van der Waals surface area contributed by atoms with Crippen LogP contribution in [-0.4, -0.2) is 11.7 Å². The number of aryl methyl sites for hydroxylation is 2. The van der Waals surface area contributed by atoms with Crippen molar-refractivity contribution in [3.05, 3.63) is 21.4 Å². The van der Waals surface area contributed by atoms with E-state index >= 15 is 0 Å². The van der Waals surface area contributed by atoms with Gasteiger partial charge >= 0.3 is 6.18 Å². The first kappa shape index (κ1) is 13.4. The zero-order chi connectivity index (χ0) is 13.7. The smallest absolute Gasteiger partial charge is 0.296 e. The molecule has 2 aliphatic carbocycles. The topological polar surface area (TPSA) is 12.0 Å². The van der Waals surface area contributed by atoms with E-state index < -0.39 is 11.7 Å². The van der Waals surface area contributed by atoms with E-state index in [2.05, 4.69) is 11.4 Å². The van der Waals surface area contributed by atoms with Crippen molar-refractivity contribution in [3.63, 3.8) is 0 Å². The lowest BCUT2D eigenvalue weighted by molar-refractivity contribution is -0.167. The van der Waals surface area contributed by atoms with Crippen molar-refractivity contribution < 1.29 is 13.2 Å². The van der Waals surface area contributed by atoms with Crippen LogP contribution in [-0.2, 0) is 12.8 Å². The minimum Gasteiger partial charge on any atom is -0.296 e. The highest BCUT2D eigenvalue weighted by Gasteiger charge is 2.63. The fourth-order valence-corrected chi connectivity index (χ4v) is 4.11. The van der Waals surface area contributed by atoms with Gasteiger partial charge in [0, 0.05) is 15.8 Å². The summed E-state index contributed by atoms with van der Waals surface area (Å²) in [6.07, 6.45) is 0.898. The summed E-state index contributed by atoms with van der Waals surface area (Å²) >= 11 is 1.69. The van der Waals surface area contributed by atoms with E-state index in [4.69, 9.17) is 0 Å². The second-order valence-corrected chi connectivity index (χ2v) is 6.92. The second-order valence-electron chi connectivity index (χ2n) is 5.75. The monoisotopic (exact) mass is 289 g/mol. The molecule has 5 heteroatoms. The van der Waals surface area contributed by atoms with Gasteiger partial charge in [-0.3, -0.25) is 5.32 Å². The number of rotatable bonds is 3. The number of alkyl halides is 3. The summed E-state index contributed by atoms with van der Waals surface area (Å²) in [5, 5.41) is 2.82. The van der Waals surface area contributed by atoms with Gasteiger partial charge in [0.15, 0.2) is 0 Å². The molecule has 0 spiro atoms. The van der Waals surface area contributed by atoms with Gasteiger partial charge < -0.3 is 0 Å². The van der Waals surface area contributed by atoms with Gasteiger partial charge in [-0.25, -0.2) is 0 Å². The Morgan fingerprint density at radius 3 is 2.53 bits per heavy atom. The SMILES string of the molecule is CC(NC1(C(F)(F)F)CC1)c1cc2c(s1)CCCC2. The van der Waals surface area contributed by atoms with Crippen molar-refractivity contribution >= 4 is 11.3 Å². The Morgan fingerprint density at radius 1 is 1.26 bits per heavy atom. The molecule has 3 rings (SSSR count). The predicted molar refractivity (Wildman–Crippen MR) is 70.5 cm³/mol. The maximum Gasteiger partial charge on any atom is 0.406 e. The van der Waals surface area contributed by atoms with Crippen LogP contribution in [0.2, 0.25) is 0 Å². The summed E-state index contributed by atoms with van der Waals surface area (Å²) in [4.78, 5) is 2.44. The van der Waals surface area contributed by atoms with Crippen LogP contribution in [0.5, 0.6) is 0 Å². The number of fused-ring (bicyclic) bond motifs is 1. The van der Waals surface area contributed by atoms with Crippen molar-refractivity contribution in [3.8, 4) is 0 Å². The van der Waals surface area contributed by atoms with E-state index in [1.807, 2.05) is 6.92 Å². The molecule has 1 aromatic heterocycles. The predicted octanol–water partition coefficient (Wildman–Crippen LogP) is 4.37. The zero-order valence-corrected chi connectivity index (χ0v) is 11.8. The molecule has 1 atom stereocenters. The van der Waals surface area contributed by atoms with Gasteiger partial charge in [0.25, 0.3) is 0 Å². The standard InChI is InChI=1S/C14H18F3NS/c1-9(18-13(6-7-13)14(15,16)17)12-8-10-4-2-3-5-11(10)19-12/h8-9,18H,2-7H2,1H3. The quantitative estimate of drug-likeness (QED) is 0.871. The summed E-state index contributed by atoms with van der Waals surface area (Å²) in [5.74, 6) is 0. The van der Waals surface area contributed by atoms with Crippen LogP contribution in [0.1, 0.15) is 54.0 Å². The Morgan fingerprint density at radius 2 is 1.95 bits per heavy atom. The summed E-state index contributed by atoms with van der Waals surface area (Å²) in [6.45, 7) is 1.85. The molecule has 0 radical (unpaired) electrons. The van der Waals surface area contributed by atoms with Crippen LogP contribution in [0.4, 0.5) is 13.2 Å². The minimum absolute atomic E-state index is 0.209. The van der Waals surface area contributed by atoms with Crippen LogP contribution in [0, 0.1) is 0 Å². The first-order valence-corrected chi connectivity index (χ1v) is 7.69. The average molecular weight is 289 g/mol. The van der Waals surface area contributed by atoms with Crippen molar-refractivity contribution in [2.45, 2.75) is 63.2 Å². The Labute approximate surface area is 115 Å². The molecule has 0 bridgehead atoms. The summed E-state index contributed by atoms with van der Waals surface area (Å²) < 4.78 is 38.8. The molecular formula is C14H18F3NS. The molecular weight excluding hydrogens is 271 g/mol. The number of thiophene rings is 1. The van der Waals surface area contributed by atoms with E-state index in [0.29, 0.717) is 0 Å². The highest BCUT2D eigenvalue weighted by Crippen LogP contribution is 2.50. The third-order valence-electron chi connectivity index (χ3n) is 4.23. The van der Waals surface area contributed by atoms with Gasteiger partial charge in [-0.15, -0.1) is 11.3 Å². The average Bonchev–Trinajstić information content (AvgIpc) is 3.00. The molecule has 1 fully saturated rings. The van der Waals surface area contributed by atoms with Gasteiger partial charge in [0.2, 0.25) is 0 Å². The van der Waals surface area contributed by atoms with Crippen LogP contribution in [0.25, 0.3) is 0 Å². The van der Waals surface area contributed by atoms with Crippen LogP contribution in [0.3, 0.4) is 0 Å². The molecule has 0 aliphatic heterocycles. The normalized spacial score (nSPS) is 22.9. The summed E-state index contributed by atoms with van der Waals surface area (Å²) in [6, 6.07) is 1.91. The van der Waals surface area contributed by atoms with Gasteiger partial charge in [0.05, 0.1) is 0 Å². The number of hydrogen-bond donors (Lipinski definition) is 1. The first-order valence-electron chi connectivity index (χ1n) is 6.87. The lowest BCUT2D eigenvalue weighted by Crippen LogP contribution is -2.45. The lowest BCUT2D eigenvalue weighted by Gasteiger charge is -2.24. The molecule has 106 valence electrons. The van der Waals surface area contributed by atoms with Crippen LogP contribution >= 0.6 is 11.3 Å². The maximum absolute atomic E-state index is 12.9. The van der Waals surface area contributed by atoms with Crippen LogP contribution < -0.4 is 5.32 Å². The van der Waals surface area contributed by atoms with Crippen molar-refractivity contribution in [1.29, 1.82) is 0 Å². The highest BCUT2D eigenvalue weighted by atomic mass is 32.1. The Hall–Kier alpha value is -0.550. The van der Waals surface area contributed by atoms with Gasteiger partial charge in [0.1, 0.15) is 5.54 Å². The Kier molecular flexibility index (Phi) is 3.17. The molecule has 0 saturated heterocycles. The van der Waals surface area contributed by atoms with Gasteiger partial charge in [-0.05, 0) is 57.1 Å². The molecule has 1 aromatic rings. The number of hydrogen-bond acceptors (Lipinski definition) is 2. The van der Waals surface area contributed by atoms with Gasteiger partial charge in [-0.2, -0.15) is 13.2 Å². The van der Waals surface area contributed by atoms with E-state index in [-0.39, 0.29) is 18.9 Å². The number of halogens is 3. The minimum atomic E-state index is -4.13. The van der Waals surface area contributed by atoms with E-state index in [1.165, 1.54) is 23.3 Å². The van der Waals surface area contributed by atoms with E-state index in [9.17, 15) is 13.2 Å². The molecule has 1 N–H and O–H groups in total. The molecule has 0 aromatic carbocycles. The van der Waals surface area contributed by atoms with Crippen molar-refractivity contribution in [2.75, 3.05) is 0 Å². The second kappa shape index (κ2) is 4.48. The van der Waals surface area contributed by atoms with Gasteiger partial charge in [-0.1, -0.05) is 0 Å². The highest BCUT2D eigenvalue weighted by molar-refractivity contribution is 7.12. The third-order valence-corrected chi connectivity index (χ3v) is 5.65. The molecule has 2 aliphatic rings. The molecule has 1 heterocycles. The Balaban J connectivity index is 1.74. The molecule has 1 saturated carbocycles. The zero-order valence-electron chi connectivity index (χ0n) is 10.9. The third kappa shape index (κ3) is 2.42. The molecule has 0 amide bonds. The van der Waals surface area contributed by atoms with Crippen LogP contribution in [0.15, 0.2) is 6.07 Å². The molecule has 19 heavy (non-hydrogen) atoms. The largest absolute Gasteiger partial charge is 0.406 e. The summed E-state index contributed by atoms with van der Waals surface area (Å²) in [7, 11) is 0. The van der Waals surface area contributed by atoms with Crippen molar-refractivity contribution in [2.24, 2.45) is 0 Å². The molecule has 1 nitrogen and oxygen atoms in total. The first-order chi connectivity index (χ1) is 8.91. The molecule has 1 unspecified atom stereocenters. The number of nitrogens with one attached hydrogen (secondary N) is 1. The van der Waals surface area contributed by atoms with E-state index in [0.717, 1.165) is 17.7 Å². The van der Waals surface area contributed by atoms with Crippen molar-refractivity contribution in [1.82, 2.24) is 5.32 Å². The fourth-order valence-electron chi connectivity index (χ4n) is 2.85. The van der Waals surface area contributed by atoms with E-state index in [1.54, 1.807) is 11.3 Å². The lowest BCUT2D eigenvalue weighted by atomic mass is 9.99. The maximum atomic E-state index is 12.9. The fraction of sp³-hybridized carbons (Fsp3) is 0.714. The Bertz CT molecular complexity index is 450. The summed E-state index contributed by atoms with van der Waals surface area (Å²) in [5.41, 5.74) is -0.256.